The van der Waals surface area contributed by atoms with Gasteiger partial charge in [0.2, 0.25) is 0 Å². The van der Waals surface area contributed by atoms with E-state index in [2.05, 4.69) is 35.8 Å². The molecule has 0 bridgehead atoms. The molecular weight excluding hydrogens is 350 g/mol. The van der Waals surface area contributed by atoms with Crippen LogP contribution in [0.25, 0.3) is 0 Å². The number of ether oxygens (including phenoxy) is 2. The predicted molar refractivity (Wildman–Crippen MR) is 109 cm³/mol. The number of methoxy groups -OCH3 is 1. The lowest BCUT2D eigenvalue weighted by molar-refractivity contribution is -0.0675. The molecule has 6 heteroatoms. The first-order chi connectivity index (χ1) is 11.5. The van der Waals surface area contributed by atoms with Crippen molar-refractivity contribution in [2.45, 2.75) is 89.4 Å². The normalized spacial score (nSPS) is 20.4. The maximum Gasteiger partial charge on any atom is 0.148 e. The molecule has 1 rings (SSSR count). The van der Waals surface area contributed by atoms with Crippen molar-refractivity contribution < 1.29 is 13.7 Å². The number of rotatable bonds is 7. The second-order valence-electron chi connectivity index (χ2n) is 8.94. The van der Waals surface area contributed by atoms with Crippen molar-refractivity contribution in [1.29, 1.82) is 0 Å². The van der Waals surface area contributed by atoms with Crippen molar-refractivity contribution in [3.05, 3.63) is 0 Å². The predicted octanol–water partition coefficient (Wildman–Crippen LogP) is 3.86. The fourth-order valence-corrected chi connectivity index (χ4v) is 4.36. The monoisotopic (exact) mass is 387 g/mol. The average Bonchev–Trinajstić information content (AvgIpc) is 2.52. The minimum atomic E-state index is -1.52. The fraction of sp³-hybridized carbons (Fsp3) is 0.895. The van der Waals surface area contributed by atoms with Crippen molar-refractivity contribution >= 4 is 19.1 Å². The van der Waals surface area contributed by atoms with Crippen LogP contribution in [0.3, 0.4) is 0 Å². The van der Waals surface area contributed by atoms with Gasteiger partial charge in [0.25, 0.3) is 0 Å². The number of nitrogens with one attached hydrogen (secondary N) is 1. The molecule has 0 amide bonds. The van der Waals surface area contributed by atoms with Crippen LogP contribution in [0.1, 0.15) is 52.9 Å². The van der Waals surface area contributed by atoms with Crippen LogP contribution < -0.4 is 4.72 Å². The summed E-state index contributed by atoms with van der Waals surface area (Å²) in [6.07, 6.45) is 5.73. The van der Waals surface area contributed by atoms with Crippen LogP contribution in [0.4, 0.5) is 0 Å². The zero-order chi connectivity index (χ0) is 19.1. The van der Waals surface area contributed by atoms with E-state index in [1.54, 1.807) is 7.11 Å². The minimum Gasteiger partial charge on any atom is -0.359 e. The van der Waals surface area contributed by atoms with E-state index in [1.807, 2.05) is 20.8 Å². The zero-order valence-corrected chi connectivity index (χ0v) is 18.9. The number of hydrogen-bond acceptors (Lipinski definition) is 3. The molecule has 0 aromatic carbocycles. The van der Waals surface area contributed by atoms with E-state index in [0.29, 0.717) is 5.92 Å². The highest BCUT2D eigenvalue weighted by atomic mass is 32.2. The van der Waals surface area contributed by atoms with E-state index in [-0.39, 0.29) is 23.7 Å². The van der Waals surface area contributed by atoms with Gasteiger partial charge in [0.1, 0.15) is 21.0 Å². The maximum atomic E-state index is 12.8. The Morgan fingerprint density at radius 3 is 2.28 bits per heavy atom. The molecule has 0 aromatic rings. The molecule has 25 heavy (non-hydrogen) atoms. The summed E-state index contributed by atoms with van der Waals surface area (Å²) < 4.78 is 26.9. The van der Waals surface area contributed by atoms with E-state index in [1.165, 1.54) is 19.3 Å². The highest BCUT2D eigenvalue weighted by Gasteiger charge is 2.34. The highest BCUT2D eigenvalue weighted by Crippen LogP contribution is 2.29. The Kier molecular flexibility index (Phi) is 9.34. The molecule has 4 nitrogen and oxygen atoms in total. The van der Waals surface area contributed by atoms with Crippen molar-refractivity contribution in [3.8, 4) is 11.5 Å². The summed E-state index contributed by atoms with van der Waals surface area (Å²) in [4.78, 5) is 0. The van der Waals surface area contributed by atoms with E-state index >= 15 is 0 Å². The van der Waals surface area contributed by atoms with Crippen molar-refractivity contribution in [2.75, 3.05) is 13.9 Å². The standard InChI is InChI=1S/C19H37NO3SSi/c1-19(2,3)24(21)20-18(16-11-9-8-10-12-16)17(23-15-22-4)13-14-25(5,6)7/h16-18,20H,8-12,15H2,1-7H3/t17-,18+,24-/m0/s1. The zero-order valence-electron chi connectivity index (χ0n) is 17.1. The van der Waals surface area contributed by atoms with Gasteiger partial charge in [0, 0.05) is 7.11 Å². The minimum absolute atomic E-state index is 0.0284. The summed E-state index contributed by atoms with van der Waals surface area (Å²) in [5.41, 5.74) is 3.43. The highest BCUT2D eigenvalue weighted by molar-refractivity contribution is 7.84. The lowest BCUT2D eigenvalue weighted by Gasteiger charge is -2.35. The van der Waals surface area contributed by atoms with Gasteiger partial charge in [0.05, 0.1) is 21.8 Å². The summed E-state index contributed by atoms with van der Waals surface area (Å²) in [5, 5.41) is 0. The van der Waals surface area contributed by atoms with Gasteiger partial charge in [-0.25, -0.2) is 8.93 Å². The molecule has 0 saturated heterocycles. The van der Waals surface area contributed by atoms with Crippen molar-refractivity contribution in [3.63, 3.8) is 0 Å². The number of hydrogen-bond donors (Lipinski definition) is 1. The van der Waals surface area contributed by atoms with Gasteiger partial charge in [-0.05, 0) is 39.5 Å². The van der Waals surface area contributed by atoms with E-state index in [9.17, 15) is 4.21 Å². The quantitative estimate of drug-likeness (QED) is 0.410. The van der Waals surface area contributed by atoms with Crippen molar-refractivity contribution in [1.82, 2.24) is 4.72 Å². The average molecular weight is 388 g/mol. The fourth-order valence-electron chi connectivity index (χ4n) is 2.86. The molecular formula is C19H37NO3SSi. The lowest BCUT2D eigenvalue weighted by Crippen LogP contribution is -2.51. The Morgan fingerprint density at radius 1 is 1.20 bits per heavy atom. The van der Waals surface area contributed by atoms with Gasteiger partial charge in [-0.15, -0.1) is 5.54 Å². The molecule has 0 unspecified atom stereocenters. The molecule has 1 fully saturated rings. The summed E-state index contributed by atoms with van der Waals surface area (Å²) in [6.45, 7) is 12.9. The third-order valence-corrected chi connectivity index (χ3v) is 6.73. The van der Waals surface area contributed by atoms with E-state index < -0.39 is 19.1 Å². The van der Waals surface area contributed by atoms with Crippen LogP contribution in [0.2, 0.25) is 19.6 Å². The van der Waals surface area contributed by atoms with Crippen LogP contribution in [0.15, 0.2) is 0 Å². The molecule has 0 spiro atoms. The molecule has 0 aliphatic heterocycles. The first-order valence-electron chi connectivity index (χ1n) is 9.36. The Morgan fingerprint density at radius 2 is 1.80 bits per heavy atom. The Labute approximate surface area is 158 Å². The molecule has 1 N–H and O–H groups in total. The second-order valence-corrected chi connectivity index (χ2v) is 15.7. The summed E-state index contributed by atoms with van der Waals surface area (Å²) in [6, 6.07) is -0.0284. The first-order valence-corrected chi connectivity index (χ1v) is 14.0. The summed E-state index contributed by atoms with van der Waals surface area (Å²) in [7, 11) is -1.04. The van der Waals surface area contributed by atoms with Crippen LogP contribution >= 0.6 is 0 Å². The molecule has 1 aliphatic rings. The first kappa shape index (κ1) is 22.8. The largest absolute Gasteiger partial charge is 0.359 e. The third kappa shape index (κ3) is 8.83. The van der Waals surface area contributed by atoms with Gasteiger partial charge in [-0.3, -0.25) is 0 Å². The smallest absolute Gasteiger partial charge is 0.148 e. The van der Waals surface area contributed by atoms with Crippen LogP contribution in [-0.2, 0) is 20.5 Å². The Balaban J connectivity index is 3.07. The van der Waals surface area contributed by atoms with Crippen LogP contribution in [0.5, 0.6) is 0 Å². The maximum absolute atomic E-state index is 12.8. The summed E-state index contributed by atoms with van der Waals surface area (Å²) >= 11 is 0. The van der Waals surface area contributed by atoms with Crippen LogP contribution in [-0.4, -0.2) is 43.1 Å². The SMILES string of the molecule is COCO[C@@H](C#C[Si](C)(C)C)[C@H](N[S@@](=O)C(C)(C)C)C1CCCCC1. The van der Waals surface area contributed by atoms with Crippen molar-refractivity contribution in [2.24, 2.45) is 5.92 Å². The molecule has 0 radical (unpaired) electrons. The van der Waals surface area contributed by atoms with Gasteiger partial charge >= 0.3 is 0 Å². The second kappa shape index (κ2) is 10.2. The Bertz CT molecular complexity index is 482. The molecule has 3 atom stereocenters. The van der Waals surface area contributed by atoms with Gasteiger partial charge in [0.15, 0.2) is 0 Å². The molecule has 1 aliphatic carbocycles. The molecule has 0 aromatic heterocycles. The lowest BCUT2D eigenvalue weighted by atomic mass is 9.82. The van der Waals surface area contributed by atoms with E-state index in [0.717, 1.165) is 12.8 Å². The van der Waals surface area contributed by atoms with Crippen LogP contribution in [0, 0.1) is 17.4 Å². The summed E-state index contributed by atoms with van der Waals surface area (Å²) in [5.74, 6) is 3.80. The van der Waals surface area contributed by atoms with E-state index in [4.69, 9.17) is 9.47 Å². The third-order valence-electron chi connectivity index (χ3n) is 4.24. The van der Waals surface area contributed by atoms with Gasteiger partial charge in [-0.2, -0.15) is 0 Å². The molecule has 1 saturated carbocycles. The Hall–Kier alpha value is -0.193. The molecule has 0 heterocycles. The molecule has 146 valence electrons. The topological polar surface area (TPSA) is 47.6 Å². The van der Waals surface area contributed by atoms with Gasteiger partial charge in [-0.1, -0.05) is 44.8 Å². The van der Waals surface area contributed by atoms with Gasteiger partial charge < -0.3 is 9.47 Å².